The van der Waals surface area contributed by atoms with Crippen LogP contribution in [0.25, 0.3) is 0 Å². The minimum Gasteiger partial charge on any atom is -0.491 e. The fraction of sp³-hybridized carbons (Fsp3) is 0.300. The summed E-state index contributed by atoms with van der Waals surface area (Å²) in [6.45, 7) is 6.85. The highest BCUT2D eigenvalue weighted by atomic mass is 16.5. The minimum atomic E-state index is -1.10. The number of carboxylic acids is 1. The van der Waals surface area contributed by atoms with Crippen molar-refractivity contribution in [1.82, 2.24) is 4.90 Å². The standard InChI is InChI=1S/C28H28N2O6.C2H6/c1-19(31)30-16-4-5-21(30)18-35-22-12-14-24(15-13-22)36-23-10-8-20(9-11-23)17-27(32)29-26-7-3-2-6-25(26)28(33)34;1-2/h2-3,6-15,21H,4-5,16-18H2,1H3,(H,29,32)(H,33,34);1-2H3/t21-;/m1./s1. The molecule has 1 aliphatic rings. The summed E-state index contributed by atoms with van der Waals surface area (Å²) in [5.74, 6) is 0.650. The van der Waals surface area contributed by atoms with Gasteiger partial charge in [0.1, 0.15) is 23.9 Å². The first kappa shape index (κ1) is 28.2. The second-order valence-corrected chi connectivity index (χ2v) is 8.61. The Morgan fingerprint density at radius 2 is 1.53 bits per heavy atom. The Balaban J connectivity index is 0.00000195. The Kier molecular flexibility index (Phi) is 10.3. The van der Waals surface area contributed by atoms with E-state index in [1.807, 2.05) is 43.0 Å². The summed E-state index contributed by atoms with van der Waals surface area (Å²) >= 11 is 0. The maximum atomic E-state index is 12.4. The molecule has 1 fully saturated rings. The summed E-state index contributed by atoms with van der Waals surface area (Å²) in [6.07, 6.45) is 2.05. The number of carboxylic acid groups (broad SMARTS) is 1. The van der Waals surface area contributed by atoms with E-state index in [9.17, 15) is 19.5 Å². The Hall–Kier alpha value is -4.33. The Morgan fingerprint density at radius 1 is 0.921 bits per heavy atom. The molecule has 1 saturated heterocycles. The molecule has 1 atom stereocenters. The lowest BCUT2D eigenvalue weighted by Crippen LogP contribution is -2.37. The lowest BCUT2D eigenvalue weighted by molar-refractivity contribution is -0.130. The fourth-order valence-electron chi connectivity index (χ4n) is 4.19. The number of rotatable bonds is 9. The normalized spacial score (nSPS) is 14.2. The quantitative estimate of drug-likeness (QED) is 0.372. The van der Waals surface area contributed by atoms with Crippen LogP contribution in [0.3, 0.4) is 0 Å². The van der Waals surface area contributed by atoms with E-state index in [-0.39, 0.29) is 35.5 Å². The average molecular weight is 519 g/mol. The molecular formula is C30H34N2O6. The van der Waals surface area contributed by atoms with Crippen molar-refractivity contribution in [3.8, 4) is 17.2 Å². The van der Waals surface area contributed by atoms with Crippen molar-refractivity contribution < 1.29 is 29.0 Å². The largest absolute Gasteiger partial charge is 0.491 e. The van der Waals surface area contributed by atoms with Crippen LogP contribution in [0.2, 0.25) is 0 Å². The molecule has 0 aromatic heterocycles. The van der Waals surface area contributed by atoms with Crippen LogP contribution in [-0.2, 0) is 16.0 Å². The maximum Gasteiger partial charge on any atom is 0.337 e. The Bertz CT molecular complexity index is 1220. The number of aromatic carboxylic acids is 1. The molecule has 0 spiro atoms. The third-order valence-electron chi connectivity index (χ3n) is 6.00. The van der Waals surface area contributed by atoms with Gasteiger partial charge in [-0.1, -0.05) is 38.1 Å². The van der Waals surface area contributed by atoms with Gasteiger partial charge in [0.15, 0.2) is 0 Å². The van der Waals surface area contributed by atoms with Gasteiger partial charge >= 0.3 is 5.97 Å². The van der Waals surface area contributed by atoms with E-state index in [1.54, 1.807) is 49.4 Å². The van der Waals surface area contributed by atoms with Crippen LogP contribution in [0, 0.1) is 0 Å². The number of benzene rings is 3. The number of para-hydroxylation sites is 1. The molecule has 8 nitrogen and oxygen atoms in total. The zero-order chi connectivity index (χ0) is 27.5. The van der Waals surface area contributed by atoms with Crippen molar-refractivity contribution >= 4 is 23.5 Å². The highest BCUT2D eigenvalue weighted by Crippen LogP contribution is 2.25. The Labute approximate surface area is 223 Å². The van der Waals surface area contributed by atoms with E-state index < -0.39 is 5.97 Å². The maximum absolute atomic E-state index is 12.4. The topological polar surface area (TPSA) is 105 Å². The first-order valence-electron chi connectivity index (χ1n) is 12.8. The number of anilines is 1. The molecule has 2 N–H and O–H groups in total. The number of amides is 2. The molecule has 8 heteroatoms. The molecule has 2 amide bonds. The van der Waals surface area contributed by atoms with Crippen molar-refractivity contribution in [3.63, 3.8) is 0 Å². The SMILES string of the molecule is CC.CC(=O)N1CCC[C@@H]1COc1ccc(Oc2ccc(CC(=O)Nc3ccccc3C(=O)O)cc2)cc1. The van der Waals surface area contributed by atoms with Gasteiger partial charge in [-0.25, -0.2) is 4.79 Å². The molecule has 1 aliphatic heterocycles. The summed E-state index contributed by atoms with van der Waals surface area (Å²) in [4.78, 5) is 37.2. The summed E-state index contributed by atoms with van der Waals surface area (Å²) in [5.41, 5.74) is 1.08. The lowest BCUT2D eigenvalue weighted by atomic mass is 10.1. The van der Waals surface area contributed by atoms with Gasteiger partial charge in [0.25, 0.3) is 0 Å². The predicted molar refractivity (Wildman–Crippen MR) is 146 cm³/mol. The summed E-state index contributed by atoms with van der Waals surface area (Å²) in [6, 6.07) is 20.8. The molecule has 3 aromatic rings. The molecule has 38 heavy (non-hydrogen) atoms. The van der Waals surface area contributed by atoms with Gasteiger partial charge in [0.2, 0.25) is 11.8 Å². The highest BCUT2D eigenvalue weighted by molar-refractivity contribution is 6.01. The van der Waals surface area contributed by atoms with Gasteiger partial charge in [0, 0.05) is 13.5 Å². The number of nitrogens with zero attached hydrogens (tertiary/aromatic N) is 1. The van der Waals surface area contributed by atoms with E-state index >= 15 is 0 Å². The predicted octanol–water partition coefficient (Wildman–Crippen LogP) is 5.77. The molecule has 4 rings (SSSR count). The molecule has 0 saturated carbocycles. The van der Waals surface area contributed by atoms with Crippen molar-refractivity contribution in [1.29, 1.82) is 0 Å². The second-order valence-electron chi connectivity index (χ2n) is 8.61. The van der Waals surface area contributed by atoms with Crippen LogP contribution < -0.4 is 14.8 Å². The molecule has 0 aliphatic carbocycles. The smallest absolute Gasteiger partial charge is 0.337 e. The summed E-state index contributed by atoms with van der Waals surface area (Å²) < 4.78 is 11.8. The first-order valence-corrected chi connectivity index (χ1v) is 12.8. The number of hydrogen-bond donors (Lipinski definition) is 2. The number of carbonyl (C=O) groups is 3. The molecule has 0 radical (unpaired) electrons. The number of ether oxygens (including phenoxy) is 2. The molecule has 0 unspecified atom stereocenters. The molecule has 0 bridgehead atoms. The summed E-state index contributed by atoms with van der Waals surface area (Å²) in [7, 11) is 0. The zero-order valence-electron chi connectivity index (χ0n) is 22.0. The number of likely N-dealkylation sites (tertiary alicyclic amines) is 1. The van der Waals surface area contributed by atoms with E-state index in [2.05, 4.69) is 5.32 Å². The number of hydrogen-bond acceptors (Lipinski definition) is 5. The van der Waals surface area contributed by atoms with Crippen molar-refractivity contribution in [2.75, 3.05) is 18.5 Å². The van der Waals surface area contributed by atoms with Gasteiger partial charge in [-0.15, -0.1) is 0 Å². The van der Waals surface area contributed by atoms with E-state index in [0.717, 1.165) is 24.9 Å². The van der Waals surface area contributed by atoms with Crippen molar-refractivity contribution in [2.45, 2.75) is 46.1 Å². The van der Waals surface area contributed by atoms with E-state index in [0.29, 0.717) is 23.9 Å². The molecule has 1 heterocycles. The molecule has 3 aromatic carbocycles. The first-order chi connectivity index (χ1) is 18.4. The monoisotopic (exact) mass is 518 g/mol. The minimum absolute atomic E-state index is 0.0441. The molecular weight excluding hydrogens is 484 g/mol. The zero-order valence-corrected chi connectivity index (χ0v) is 22.0. The van der Waals surface area contributed by atoms with Crippen LogP contribution in [-0.4, -0.2) is 47.0 Å². The van der Waals surface area contributed by atoms with Gasteiger partial charge in [-0.3, -0.25) is 9.59 Å². The van der Waals surface area contributed by atoms with Crippen LogP contribution in [0.4, 0.5) is 5.69 Å². The van der Waals surface area contributed by atoms with Gasteiger partial charge in [0.05, 0.1) is 23.7 Å². The third-order valence-corrected chi connectivity index (χ3v) is 6.00. The van der Waals surface area contributed by atoms with Crippen molar-refractivity contribution in [3.05, 3.63) is 83.9 Å². The number of nitrogens with one attached hydrogen (secondary N) is 1. The van der Waals surface area contributed by atoms with Gasteiger partial charge in [-0.2, -0.15) is 0 Å². The fourth-order valence-corrected chi connectivity index (χ4v) is 4.19. The lowest BCUT2D eigenvalue weighted by Gasteiger charge is -2.23. The van der Waals surface area contributed by atoms with E-state index in [4.69, 9.17) is 9.47 Å². The number of carbonyl (C=O) groups excluding carboxylic acids is 2. The summed E-state index contributed by atoms with van der Waals surface area (Å²) in [5, 5.41) is 11.9. The van der Waals surface area contributed by atoms with Crippen LogP contribution in [0.1, 0.15) is 49.5 Å². The van der Waals surface area contributed by atoms with Gasteiger partial charge < -0.3 is 24.8 Å². The van der Waals surface area contributed by atoms with Gasteiger partial charge in [-0.05, 0) is 66.9 Å². The third kappa shape index (κ3) is 7.83. The average Bonchev–Trinajstić information content (AvgIpc) is 3.40. The van der Waals surface area contributed by atoms with E-state index in [1.165, 1.54) is 6.07 Å². The molecule has 200 valence electrons. The van der Waals surface area contributed by atoms with Crippen LogP contribution in [0.15, 0.2) is 72.8 Å². The van der Waals surface area contributed by atoms with Crippen LogP contribution in [0.5, 0.6) is 17.2 Å². The van der Waals surface area contributed by atoms with Crippen LogP contribution >= 0.6 is 0 Å². The second kappa shape index (κ2) is 13.8. The Morgan fingerprint density at radius 3 is 2.16 bits per heavy atom. The van der Waals surface area contributed by atoms with Crippen molar-refractivity contribution in [2.24, 2.45) is 0 Å². The highest BCUT2D eigenvalue weighted by Gasteiger charge is 2.26.